The Labute approximate surface area is 155 Å². The second-order valence-electron chi connectivity index (χ2n) is 7.52. The molecule has 3 saturated heterocycles. The highest BCUT2D eigenvalue weighted by atomic mass is 16.5. The molecule has 142 valence electrons. The van der Waals surface area contributed by atoms with Gasteiger partial charge >= 0.3 is 0 Å². The Bertz CT molecular complexity index is 633. The number of aromatic nitrogens is 2. The van der Waals surface area contributed by atoms with Gasteiger partial charge in [0.15, 0.2) is 0 Å². The summed E-state index contributed by atoms with van der Waals surface area (Å²) in [6.07, 6.45) is 4.21. The van der Waals surface area contributed by atoms with Crippen molar-refractivity contribution < 1.29 is 9.53 Å². The van der Waals surface area contributed by atoms with Gasteiger partial charge in [-0.3, -0.25) is 4.79 Å². The van der Waals surface area contributed by atoms with E-state index in [4.69, 9.17) is 4.74 Å². The van der Waals surface area contributed by atoms with Crippen LogP contribution < -0.4 is 9.80 Å². The molecule has 7 heteroatoms. The summed E-state index contributed by atoms with van der Waals surface area (Å²) in [5, 5.41) is 0. The lowest BCUT2D eigenvalue weighted by molar-refractivity contribution is -0.138. The predicted molar refractivity (Wildman–Crippen MR) is 101 cm³/mol. The van der Waals surface area contributed by atoms with Gasteiger partial charge in [0.1, 0.15) is 17.5 Å². The van der Waals surface area contributed by atoms with E-state index >= 15 is 0 Å². The number of amides is 1. The first kappa shape index (κ1) is 17.5. The van der Waals surface area contributed by atoms with Crippen LogP contribution in [-0.4, -0.2) is 73.3 Å². The summed E-state index contributed by atoms with van der Waals surface area (Å²) in [5.74, 6) is 3.33. The molecule has 0 aliphatic carbocycles. The van der Waals surface area contributed by atoms with E-state index in [9.17, 15) is 4.79 Å². The lowest BCUT2D eigenvalue weighted by atomic mass is 9.98. The van der Waals surface area contributed by atoms with Gasteiger partial charge < -0.3 is 19.4 Å². The molecule has 0 aromatic carbocycles. The molecule has 0 atom stereocenters. The van der Waals surface area contributed by atoms with Crippen LogP contribution in [0.4, 0.5) is 11.6 Å². The van der Waals surface area contributed by atoms with Crippen LogP contribution in [0.15, 0.2) is 6.07 Å². The van der Waals surface area contributed by atoms with E-state index in [0.29, 0.717) is 5.91 Å². The van der Waals surface area contributed by atoms with Crippen molar-refractivity contribution in [3.63, 3.8) is 0 Å². The molecule has 3 fully saturated rings. The van der Waals surface area contributed by atoms with E-state index in [1.54, 1.807) is 0 Å². The summed E-state index contributed by atoms with van der Waals surface area (Å²) in [5.41, 5.74) is 0. The summed E-state index contributed by atoms with van der Waals surface area (Å²) >= 11 is 0. The maximum absolute atomic E-state index is 12.7. The molecule has 0 N–H and O–H groups in total. The standard InChI is InChI=1S/C19H29N5O2/c1-15-20-17(22-6-2-3-7-22)14-18(21-15)23-8-10-24(11-9-23)19(25)16-4-12-26-13-5-16/h14,16H,2-13H2,1H3. The molecular weight excluding hydrogens is 330 g/mol. The number of anilines is 2. The average Bonchev–Trinajstić information content (AvgIpc) is 3.23. The van der Waals surface area contributed by atoms with Crippen molar-refractivity contribution in [3.05, 3.63) is 11.9 Å². The fourth-order valence-corrected chi connectivity index (χ4v) is 4.17. The zero-order valence-corrected chi connectivity index (χ0v) is 15.7. The van der Waals surface area contributed by atoms with Gasteiger partial charge in [-0.25, -0.2) is 9.97 Å². The van der Waals surface area contributed by atoms with Crippen LogP contribution in [0.5, 0.6) is 0 Å². The van der Waals surface area contributed by atoms with Gasteiger partial charge in [0.2, 0.25) is 5.91 Å². The van der Waals surface area contributed by atoms with Crippen molar-refractivity contribution >= 4 is 17.5 Å². The van der Waals surface area contributed by atoms with E-state index < -0.39 is 0 Å². The Kier molecular flexibility index (Phi) is 5.24. The van der Waals surface area contributed by atoms with Crippen LogP contribution >= 0.6 is 0 Å². The highest BCUT2D eigenvalue weighted by Gasteiger charge is 2.29. The van der Waals surface area contributed by atoms with Gasteiger partial charge in [-0.15, -0.1) is 0 Å². The Morgan fingerprint density at radius 1 is 0.962 bits per heavy atom. The van der Waals surface area contributed by atoms with E-state index in [2.05, 4.69) is 25.8 Å². The minimum Gasteiger partial charge on any atom is -0.381 e. The summed E-state index contributed by atoms with van der Waals surface area (Å²) in [6.45, 7) is 8.80. The SMILES string of the molecule is Cc1nc(N2CCCC2)cc(N2CCN(C(=O)C3CCOCC3)CC2)n1. The van der Waals surface area contributed by atoms with E-state index in [-0.39, 0.29) is 5.92 Å². The fourth-order valence-electron chi connectivity index (χ4n) is 4.17. The quantitative estimate of drug-likeness (QED) is 0.814. The summed E-state index contributed by atoms with van der Waals surface area (Å²) < 4.78 is 5.38. The van der Waals surface area contributed by atoms with E-state index in [0.717, 1.165) is 82.8 Å². The number of carbonyl (C=O) groups is 1. The Hall–Kier alpha value is -1.89. The maximum atomic E-state index is 12.7. The normalized spacial score (nSPS) is 22.1. The minimum atomic E-state index is 0.151. The maximum Gasteiger partial charge on any atom is 0.225 e. The predicted octanol–water partition coefficient (Wildman–Crippen LogP) is 1.46. The first-order valence-corrected chi connectivity index (χ1v) is 9.93. The van der Waals surface area contributed by atoms with Crippen molar-refractivity contribution in [3.8, 4) is 0 Å². The topological polar surface area (TPSA) is 61.8 Å². The van der Waals surface area contributed by atoms with Gasteiger partial charge in [0.05, 0.1) is 0 Å². The first-order chi connectivity index (χ1) is 12.7. The minimum absolute atomic E-state index is 0.151. The molecule has 0 spiro atoms. The second-order valence-corrected chi connectivity index (χ2v) is 7.52. The molecule has 26 heavy (non-hydrogen) atoms. The number of hydrogen-bond donors (Lipinski definition) is 0. The molecule has 1 amide bonds. The van der Waals surface area contributed by atoms with E-state index in [1.807, 2.05) is 11.8 Å². The number of ether oxygens (including phenoxy) is 1. The van der Waals surface area contributed by atoms with Crippen LogP contribution in [0.1, 0.15) is 31.5 Å². The molecule has 3 aliphatic rings. The smallest absolute Gasteiger partial charge is 0.225 e. The monoisotopic (exact) mass is 359 g/mol. The first-order valence-electron chi connectivity index (χ1n) is 9.93. The van der Waals surface area contributed by atoms with E-state index in [1.165, 1.54) is 12.8 Å². The highest BCUT2D eigenvalue weighted by molar-refractivity contribution is 5.79. The third kappa shape index (κ3) is 3.77. The number of hydrogen-bond acceptors (Lipinski definition) is 6. The zero-order chi connectivity index (χ0) is 17.9. The second kappa shape index (κ2) is 7.78. The summed E-state index contributed by atoms with van der Waals surface area (Å²) in [7, 11) is 0. The fraction of sp³-hybridized carbons (Fsp3) is 0.737. The van der Waals surface area contributed by atoms with Crippen LogP contribution in [-0.2, 0) is 9.53 Å². The van der Waals surface area contributed by atoms with Crippen molar-refractivity contribution in [2.45, 2.75) is 32.6 Å². The zero-order valence-electron chi connectivity index (χ0n) is 15.7. The van der Waals surface area contributed by atoms with Gasteiger partial charge in [-0.1, -0.05) is 0 Å². The lowest BCUT2D eigenvalue weighted by Gasteiger charge is -2.37. The van der Waals surface area contributed by atoms with Crippen molar-refractivity contribution in [2.24, 2.45) is 5.92 Å². The van der Waals surface area contributed by atoms with Crippen LogP contribution in [0.2, 0.25) is 0 Å². The Morgan fingerprint density at radius 2 is 1.54 bits per heavy atom. The molecule has 4 rings (SSSR count). The molecule has 0 bridgehead atoms. The molecule has 7 nitrogen and oxygen atoms in total. The number of rotatable bonds is 3. The molecule has 1 aromatic heterocycles. The Balaban J connectivity index is 1.39. The van der Waals surface area contributed by atoms with Crippen molar-refractivity contribution in [1.82, 2.24) is 14.9 Å². The molecule has 4 heterocycles. The van der Waals surface area contributed by atoms with Crippen LogP contribution in [0, 0.1) is 12.8 Å². The highest BCUT2D eigenvalue weighted by Crippen LogP contribution is 2.24. The van der Waals surface area contributed by atoms with Gasteiger partial charge in [0, 0.05) is 64.5 Å². The molecule has 1 aromatic rings. The molecular formula is C19H29N5O2. The number of piperazine rings is 1. The largest absolute Gasteiger partial charge is 0.381 e. The number of carbonyl (C=O) groups excluding carboxylic acids is 1. The third-order valence-corrected chi connectivity index (χ3v) is 5.73. The number of nitrogens with zero attached hydrogens (tertiary/aromatic N) is 5. The Morgan fingerprint density at radius 3 is 2.15 bits per heavy atom. The third-order valence-electron chi connectivity index (χ3n) is 5.73. The van der Waals surface area contributed by atoms with Crippen molar-refractivity contribution in [2.75, 3.05) is 62.3 Å². The van der Waals surface area contributed by atoms with Gasteiger partial charge in [0.25, 0.3) is 0 Å². The van der Waals surface area contributed by atoms with Crippen molar-refractivity contribution in [1.29, 1.82) is 0 Å². The number of aryl methyl sites for hydroxylation is 1. The van der Waals surface area contributed by atoms with Crippen LogP contribution in [0.3, 0.4) is 0 Å². The summed E-state index contributed by atoms with van der Waals surface area (Å²) in [4.78, 5) is 28.7. The molecule has 3 aliphatic heterocycles. The van der Waals surface area contributed by atoms with Crippen LogP contribution in [0.25, 0.3) is 0 Å². The molecule has 0 saturated carbocycles. The molecule has 0 radical (unpaired) electrons. The summed E-state index contributed by atoms with van der Waals surface area (Å²) in [6, 6.07) is 2.12. The lowest BCUT2D eigenvalue weighted by Crippen LogP contribution is -2.51. The average molecular weight is 359 g/mol. The molecule has 0 unspecified atom stereocenters. The van der Waals surface area contributed by atoms with Gasteiger partial charge in [-0.05, 0) is 32.6 Å². The van der Waals surface area contributed by atoms with Gasteiger partial charge in [-0.2, -0.15) is 0 Å².